The van der Waals surface area contributed by atoms with E-state index in [2.05, 4.69) is 29.0 Å². The smallest absolute Gasteiger partial charge is 0.0954 e. The lowest BCUT2D eigenvalue weighted by Gasteiger charge is -2.32. The summed E-state index contributed by atoms with van der Waals surface area (Å²) in [7, 11) is 2.19. The van der Waals surface area contributed by atoms with Crippen molar-refractivity contribution >= 4 is 39.8 Å². The first-order valence-corrected chi connectivity index (χ1v) is 11.1. The zero-order chi connectivity index (χ0) is 19.3. The molecule has 2 aromatic rings. The van der Waals surface area contributed by atoms with Gasteiger partial charge in [-0.3, -0.25) is 9.89 Å². The molecule has 6 heteroatoms. The summed E-state index contributed by atoms with van der Waals surface area (Å²) in [5.41, 5.74) is 4.03. The van der Waals surface area contributed by atoms with Gasteiger partial charge in [-0.1, -0.05) is 41.9 Å². The highest BCUT2D eigenvalue weighted by molar-refractivity contribution is 8.14. The van der Waals surface area contributed by atoms with Crippen LogP contribution in [0.1, 0.15) is 11.1 Å². The lowest BCUT2D eigenvalue weighted by atomic mass is 10.0. The van der Waals surface area contributed by atoms with E-state index in [1.165, 1.54) is 0 Å². The van der Waals surface area contributed by atoms with Crippen LogP contribution < -0.4 is 0 Å². The predicted octanol–water partition coefficient (Wildman–Crippen LogP) is 4.20. The molecule has 2 aliphatic heterocycles. The molecule has 0 aromatic heterocycles. The summed E-state index contributed by atoms with van der Waals surface area (Å²) in [6.45, 7) is 6.33. The van der Waals surface area contributed by atoms with Crippen molar-refractivity contribution in [2.24, 2.45) is 9.98 Å². The second-order valence-electron chi connectivity index (χ2n) is 7.19. The lowest BCUT2D eigenvalue weighted by Crippen LogP contribution is -2.45. The highest BCUT2D eigenvalue weighted by Gasteiger charge is 2.18. The van der Waals surface area contributed by atoms with Gasteiger partial charge >= 0.3 is 0 Å². The summed E-state index contributed by atoms with van der Waals surface area (Å²) in [4.78, 5) is 14.8. The van der Waals surface area contributed by atoms with Crippen molar-refractivity contribution in [1.29, 1.82) is 0 Å². The Labute approximate surface area is 176 Å². The minimum Gasteiger partial charge on any atom is -0.304 e. The molecule has 4 nitrogen and oxygen atoms in total. The minimum absolute atomic E-state index is 0.615. The summed E-state index contributed by atoms with van der Waals surface area (Å²) in [6, 6.07) is 16.2. The molecule has 2 heterocycles. The molecule has 0 atom stereocenters. The summed E-state index contributed by atoms with van der Waals surface area (Å²) in [6.07, 6.45) is 0. The number of hydrogen-bond donors (Lipinski definition) is 0. The first-order valence-electron chi connectivity index (χ1n) is 9.70. The Bertz CT molecular complexity index is 873. The number of thioether (sulfide) groups is 1. The van der Waals surface area contributed by atoms with Crippen LogP contribution >= 0.6 is 23.4 Å². The lowest BCUT2D eigenvalue weighted by molar-refractivity contribution is 0.161. The standard InChI is InChI=1S/C22H25ClN4S/c1-26-9-11-27(12-10-26)13-14-28-21-16-24-22(17-5-3-2-4-6-17)19-15-18(23)7-8-20(19)25-21/h2-8,15H,9-14,16H2,1H3. The summed E-state index contributed by atoms with van der Waals surface area (Å²) in [5, 5.41) is 1.78. The van der Waals surface area contributed by atoms with E-state index in [9.17, 15) is 0 Å². The van der Waals surface area contributed by atoms with Gasteiger partial charge in [0, 0.05) is 54.6 Å². The molecule has 0 amide bonds. The van der Waals surface area contributed by atoms with Crippen molar-refractivity contribution < 1.29 is 0 Å². The van der Waals surface area contributed by atoms with Crippen molar-refractivity contribution in [3.8, 4) is 0 Å². The fraction of sp³-hybridized carbons (Fsp3) is 0.364. The largest absolute Gasteiger partial charge is 0.304 e. The molecule has 0 saturated carbocycles. The molecule has 2 aliphatic rings. The van der Waals surface area contributed by atoms with Gasteiger partial charge in [0.15, 0.2) is 0 Å². The maximum Gasteiger partial charge on any atom is 0.0954 e. The minimum atomic E-state index is 0.615. The Morgan fingerprint density at radius 2 is 1.82 bits per heavy atom. The monoisotopic (exact) mass is 412 g/mol. The summed E-state index contributed by atoms with van der Waals surface area (Å²) < 4.78 is 0. The first-order chi connectivity index (χ1) is 13.7. The van der Waals surface area contributed by atoms with Crippen LogP contribution in [-0.2, 0) is 0 Å². The molecular formula is C22H25ClN4S. The molecule has 4 rings (SSSR count). The Kier molecular flexibility index (Phi) is 6.47. The quantitative estimate of drug-likeness (QED) is 0.754. The molecule has 0 aliphatic carbocycles. The third kappa shape index (κ3) is 4.84. The van der Waals surface area contributed by atoms with E-state index in [0.29, 0.717) is 11.6 Å². The Morgan fingerprint density at radius 1 is 1.04 bits per heavy atom. The number of likely N-dealkylation sites (N-methyl/N-ethyl adjacent to an activating group) is 1. The first kappa shape index (κ1) is 19.6. The molecule has 1 saturated heterocycles. The Balaban J connectivity index is 1.49. The van der Waals surface area contributed by atoms with E-state index in [-0.39, 0.29) is 0 Å². The average Bonchev–Trinajstić information content (AvgIpc) is 2.89. The van der Waals surface area contributed by atoms with Crippen LogP contribution in [0.15, 0.2) is 58.5 Å². The van der Waals surface area contributed by atoms with Gasteiger partial charge in [0.25, 0.3) is 0 Å². The third-order valence-corrected chi connectivity index (χ3v) is 6.33. The normalized spacial score (nSPS) is 18.2. The SMILES string of the molecule is CN1CCN(CCSC2=Nc3ccc(Cl)cc3C(c3ccccc3)=NC2)CC1. The maximum atomic E-state index is 6.28. The molecule has 0 radical (unpaired) electrons. The van der Waals surface area contributed by atoms with Crippen LogP contribution in [0, 0.1) is 0 Å². The van der Waals surface area contributed by atoms with Crippen LogP contribution in [0.25, 0.3) is 0 Å². The van der Waals surface area contributed by atoms with Gasteiger partial charge in [0.05, 0.1) is 23.0 Å². The van der Waals surface area contributed by atoms with Crippen molar-refractivity contribution in [3.63, 3.8) is 0 Å². The number of benzene rings is 2. The van der Waals surface area contributed by atoms with E-state index < -0.39 is 0 Å². The van der Waals surface area contributed by atoms with Crippen molar-refractivity contribution in [1.82, 2.24) is 9.80 Å². The number of piperazine rings is 1. The van der Waals surface area contributed by atoms with Crippen LogP contribution in [0.3, 0.4) is 0 Å². The van der Waals surface area contributed by atoms with Gasteiger partial charge in [-0.25, -0.2) is 4.99 Å². The van der Waals surface area contributed by atoms with Gasteiger partial charge in [-0.05, 0) is 25.2 Å². The molecule has 0 spiro atoms. The van der Waals surface area contributed by atoms with Crippen LogP contribution in [0.2, 0.25) is 5.02 Å². The predicted molar refractivity (Wildman–Crippen MR) is 122 cm³/mol. The molecule has 0 N–H and O–H groups in total. The number of hydrogen-bond acceptors (Lipinski definition) is 5. The molecular weight excluding hydrogens is 388 g/mol. The van der Waals surface area contributed by atoms with E-state index in [1.807, 2.05) is 48.2 Å². The summed E-state index contributed by atoms with van der Waals surface area (Å²) >= 11 is 8.11. The molecule has 0 unspecified atom stereocenters. The molecule has 0 bridgehead atoms. The fourth-order valence-corrected chi connectivity index (χ4v) is 4.56. The van der Waals surface area contributed by atoms with Crippen LogP contribution in [0.4, 0.5) is 5.69 Å². The molecule has 1 fully saturated rings. The van der Waals surface area contributed by atoms with Crippen LogP contribution in [-0.4, -0.2) is 72.6 Å². The zero-order valence-corrected chi connectivity index (χ0v) is 17.7. The van der Waals surface area contributed by atoms with Gasteiger partial charge < -0.3 is 4.90 Å². The molecule has 2 aromatic carbocycles. The second-order valence-corrected chi connectivity index (χ2v) is 8.80. The number of rotatable bonds is 4. The van der Waals surface area contributed by atoms with Crippen LogP contribution in [0.5, 0.6) is 0 Å². The Hall–Kier alpha value is -1.66. The van der Waals surface area contributed by atoms with Crippen molar-refractivity contribution in [3.05, 3.63) is 64.7 Å². The molecule has 28 heavy (non-hydrogen) atoms. The summed E-state index contributed by atoms with van der Waals surface area (Å²) in [5.74, 6) is 1.04. The number of nitrogens with zero attached hydrogens (tertiary/aromatic N) is 4. The van der Waals surface area contributed by atoms with E-state index in [0.717, 1.165) is 66.0 Å². The number of halogens is 1. The zero-order valence-electron chi connectivity index (χ0n) is 16.1. The van der Waals surface area contributed by atoms with E-state index >= 15 is 0 Å². The second kappa shape index (κ2) is 9.23. The number of fused-ring (bicyclic) bond motifs is 1. The van der Waals surface area contributed by atoms with Crippen molar-refractivity contribution in [2.45, 2.75) is 0 Å². The van der Waals surface area contributed by atoms with Gasteiger partial charge in [0.1, 0.15) is 0 Å². The fourth-order valence-electron chi connectivity index (χ4n) is 3.48. The highest BCUT2D eigenvalue weighted by Crippen LogP contribution is 2.30. The average molecular weight is 413 g/mol. The van der Waals surface area contributed by atoms with Gasteiger partial charge in [-0.15, -0.1) is 11.8 Å². The van der Waals surface area contributed by atoms with Gasteiger partial charge in [0.2, 0.25) is 0 Å². The van der Waals surface area contributed by atoms with Gasteiger partial charge in [-0.2, -0.15) is 0 Å². The topological polar surface area (TPSA) is 31.2 Å². The number of aliphatic imine (C=N–C) groups is 2. The third-order valence-electron chi connectivity index (χ3n) is 5.15. The van der Waals surface area contributed by atoms with E-state index in [4.69, 9.17) is 21.6 Å². The highest BCUT2D eigenvalue weighted by atomic mass is 35.5. The Morgan fingerprint density at radius 3 is 2.61 bits per heavy atom. The molecule has 146 valence electrons. The maximum absolute atomic E-state index is 6.28. The van der Waals surface area contributed by atoms with E-state index in [1.54, 1.807) is 0 Å². The van der Waals surface area contributed by atoms with Crippen molar-refractivity contribution in [2.75, 3.05) is 52.1 Å².